The summed E-state index contributed by atoms with van der Waals surface area (Å²) in [7, 11) is 1.63. The van der Waals surface area contributed by atoms with Crippen molar-refractivity contribution in [1.29, 1.82) is 0 Å². The number of aromatic nitrogens is 1. The molecule has 1 fully saturated rings. The molecule has 0 bridgehead atoms. The molecule has 1 aromatic heterocycles. The lowest BCUT2D eigenvalue weighted by molar-refractivity contribution is 0.0164. The number of methoxy groups -OCH3 is 1. The molecular weight excluding hydrogens is 340 g/mol. The average Bonchev–Trinajstić information content (AvgIpc) is 2.95. The lowest BCUT2D eigenvalue weighted by atomic mass is 10.0. The van der Waals surface area contributed by atoms with E-state index >= 15 is 0 Å². The topological polar surface area (TPSA) is 54.6 Å². The molecule has 0 radical (unpaired) electrons. The number of rotatable bonds is 4. The summed E-state index contributed by atoms with van der Waals surface area (Å²) in [5.74, 6) is 1.45. The summed E-state index contributed by atoms with van der Waals surface area (Å²) in [5.41, 5.74) is 5.09. The van der Waals surface area contributed by atoms with Crippen LogP contribution in [0, 0.1) is 20.8 Å². The van der Waals surface area contributed by atoms with E-state index in [-0.39, 0.29) is 12.0 Å². The highest BCUT2D eigenvalue weighted by Gasteiger charge is 2.34. The molecule has 5 nitrogen and oxygen atoms in total. The molecule has 27 heavy (non-hydrogen) atoms. The first kappa shape index (κ1) is 17.5. The number of aryl methyl sites for hydroxylation is 3. The number of ether oxygens (including phenoxy) is 2. The molecule has 0 spiro atoms. The van der Waals surface area contributed by atoms with E-state index in [4.69, 9.17) is 9.47 Å². The number of hydrogen-bond acceptors (Lipinski definition) is 3. The van der Waals surface area contributed by atoms with Crippen molar-refractivity contribution < 1.29 is 14.3 Å². The Balaban J connectivity index is 1.49. The molecule has 0 aliphatic carbocycles. The Bertz CT molecular complexity index is 1020. The van der Waals surface area contributed by atoms with Crippen LogP contribution in [0.1, 0.15) is 27.2 Å². The molecular formula is C22H24N2O3. The first-order valence-corrected chi connectivity index (χ1v) is 9.16. The lowest BCUT2D eigenvalue weighted by Crippen LogP contribution is -2.56. The molecule has 0 atom stereocenters. The highest BCUT2D eigenvalue weighted by molar-refractivity contribution is 6.02. The normalized spacial score (nSPS) is 14.3. The molecule has 5 heteroatoms. The number of nitrogens with zero attached hydrogens (tertiary/aromatic N) is 1. The molecule has 1 aliphatic rings. The van der Waals surface area contributed by atoms with Gasteiger partial charge in [0.25, 0.3) is 5.91 Å². The number of fused-ring (bicyclic) bond motifs is 1. The van der Waals surface area contributed by atoms with Crippen LogP contribution in [0.25, 0.3) is 10.9 Å². The van der Waals surface area contributed by atoms with E-state index in [0.717, 1.165) is 22.0 Å². The van der Waals surface area contributed by atoms with Gasteiger partial charge in [0, 0.05) is 10.9 Å². The number of hydrogen-bond donors (Lipinski definition) is 1. The third-order valence-electron chi connectivity index (χ3n) is 5.22. The van der Waals surface area contributed by atoms with Crippen molar-refractivity contribution in [3.63, 3.8) is 0 Å². The average molecular weight is 364 g/mol. The maximum Gasteiger partial charge on any atom is 0.270 e. The molecule has 1 saturated heterocycles. The summed E-state index contributed by atoms with van der Waals surface area (Å²) >= 11 is 0. The largest absolute Gasteiger partial charge is 0.493 e. The van der Waals surface area contributed by atoms with Gasteiger partial charge in [0.15, 0.2) is 11.5 Å². The molecule has 2 heterocycles. The van der Waals surface area contributed by atoms with Crippen molar-refractivity contribution in [3.8, 4) is 11.5 Å². The SMILES string of the molecule is COc1ccccc1OC1CN(C(=O)c2[nH]c3c(C)cc(C)cc3c2C)C1. The predicted octanol–water partition coefficient (Wildman–Crippen LogP) is 4.01. The number of likely N-dealkylation sites (tertiary alicyclic amines) is 1. The van der Waals surface area contributed by atoms with Crippen LogP contribution in [0.5, 0.6) is 11.5 Å². The summed E-state index contributed by atoms with van der Waals surface area (Å²) in [6.45, 7) is 7.30. The molecule has 0 unspecified atom stereocenters. The fourth-order valence-corrected chi connectivity index (χ4v) is 3.73. The lowest BCUT2D eigenvalue weighted by Gasteiger charge is -2.39. The van der Waals surface area contributed by atoms with Gasteiger partial charge in [0.05, 0.1) is 20.2 Å². The van der Waals surface area contributed by atoms with Crippen LogP contribution in [0.4, 0.5) is 0 Å². The van der Waals surface area contributed by atoms with Crippen LogP contribution in [0.2, 0.25) is 0 Å². The highest BCUT2D eigenvalue weighted by atomic mass is 16.5. The molecule has 2 aromatic carbocycles. The Hall–Kier alpha value is -2.95. The monoisotopic (exact) mass is 364 g/mol. The standard InChI is InChI=1S/C22H24N2O3/c1-13-9-14(2)20-17(10-13)15(3)21(23-20)22(25)24-11-16(12-24)27-19-8-6-5-7-18(19)26-4/h5-10,16,23H,11-12H2,1-4H3. The van der Waals surface area contributed by atoms with E-state index < -0.39 is 0 Å². The van der Waals surface area contributed by atoms with E-state index in [2.05, 4.69) is 31.0 Å². The van der Waals surface area contributed by atoms with E-state index in [1.165, 1.54) is 5.56 Å². The van der Waals surface area contributed by atoms with Gasteiger partial charge in [-0.15, -0.1) is 0 Å². The van der Waals surface area contributed by atoms with Crippen LogP contribution in [-0.2, 0) is 0 Å². The Labute approximate surface area is 158 Å². The minimum atomic E-state index is -0.0149. The maximum atomic E-state index is 12.9. The van der Waals surface area contributed by atoms with Gasteiger partial charge in [-0.2, -0.15) is 0 Å². The predicted molar refractivity (Wildman–Crippen MR) is 106 cm³/mol. The summed E-state index contributed by atoms with van der Waals surface area (Å²) in [5, 5.41) is 1.12. The third kappa shape index (κ3) is 3.03. The Morgan fingerprint density at radius 3 is 2.52 bits per heavy atom. The van der Waals surface area contributed by atoms with Crippen molar-refractivity contribution in [2.45, 2.75) is 26.9 Å². The number of para-hydroxylation sites is 2. The Morgan fingerprint density at radius 2 is 1.81 bits per heavy atom. The number of nitrogens with one attached hydrogen (secondary N) is 1. The maximum absolute atomic E-state index is 12.9. The van der Waals surface area contributed by atoms with Gasteiger partial charge < -0.3 is 19.4 Å². The van der Waals surface area contributed by atoms with Crippen LogP contribution in [-0.4, -0.2) is 42.1 Å². The van der Waals surface area contributed by atoms with Crippen molar-refractivity contribution in [1.82, 2.24) is 9.88 Å². The molecule has 4 rings (SSSR count). The first-order chi connectivity index (χ1) is 13.0. The minimum Gasteiger partial charge on any atom is -0.493 e. The zero-order valence-corrected chi connectivity index (χ0v) is 16.1. The fraction of sp³-hybridized carbons (Fsp3) is 0.318. The second kappa shape index (κ2) is 6.65. The van der Waals surface area contributed by atoms with Gasteiger partial charge in [0.1, 0.15) is 11.8 Å². The Morgan fingerprint density at radius 1 is 1.11 bits per heavy atom. The van der Waals surface area contributed by atoms with Gasteiger partial charge in [-0.1, -0.05) is 23.8 Å². The molecule has 1 aliphatic heterocycles. The second-order valence-electron chi connectivity index (χ2n) is 7.23. The van der Waals surface area contributed by atoms with Crippen molar-refractivity contribution in [2.24, 2.45) is 0 Å². The van der Waals surface area contributed by atoms with E-state index in [1.54, 1.807) is 7.11 Å². The summed E-state index contributed by atoms with van der Waals surface area (Å²) in [4.78, 5) is 18.1. The van der Waals surface area contributed by atoms with Gasteiger partial charge in [-0.3, -0.25) is 4.79 Å². The smallest absolute Gasteiger partial charge is 0.270 e. The molecule has 0 saturated carbocycles. The molecule has 140 valence electrons. The zero-order chi connectivity index (χ0) is 19.1. The van der Waals surface area contributed by atoms with Crippen LogP contribution < -0.4 is 9.47 Å². The zero-order valence-electron chi connectivity index (χ0n) is 16.1. The first-order valence-electron chi connectivity index (χ1n) is 9.16. The van der Waals surface area contributed by atoms with Crippen molar-refractivity contribution in [2.75, 3.05) is 20.2 Å². The molecule has 1 amide bonds. The van der Waals surface area contributed by atoms with Crippen LogP contribution in [0.15, 0.2) is 36.4 Å². The number of carbonyl (C=O) groups excluding carboxylic acids is 1. The van der Waals surface area contributed by atoms with E-state index in [9.17, 15) is 4.79 Å². The highest BCUT2D eigenvalue weighted by Crippen LogP contribution is 2.30. The van der Waals surface area contributed by atoms with Gasteiger partial charge in [-0.25, -0.2) is 0 Å². The van der Waals surface area contributed by atoms with Crippen LogP contribution >= 0.6 is 0 Å². The number of aromatic amines is 1. The van der Waals surface area contributed by atoms with E-state index in [0.29, 0.717) is 30.3 Å². The quantitative estimate of drug-likeness (QED) is 0.761. The number of carbonyl (C=O) groups is 1. The van der Waals surface area contributed by atoms with Gasteiger partial charge in [0.2, 0.25) is 0 Å². The Kier molecular flexibility index (Phi) is 4.30. The van der Waals surface area contributed by atoms with Gasteiger partial charge in [-0.05, 0) is 50.1 Å². The number of amides is 1. The summed E-state index contributed by atoms with van der Waals surface area (Å²) < 4.78 is 11.3. The molecule has 1 N–H and O–H groups in total. The van der Waals surface area contributed by atoms with E-state index in [1.807, 2.05) is 36.1 Å². The van der Waals surface area contributed by atoms with Crippen molar-refractivity contribution in [3.05, 3.63) is 58.8 Å². The minimum absolute atomic E-state index is 0.0149. The molecule has 3 aromatic rings. The summed E-state index contributed by atoms with van der Waals surface area (Å²) in [6, 6.07) is 11.8. The summed E-state index contributed by atoms with van der Waals surface area (Å²) in [6.07, 6.45) is -0.0149. The van der Waals surface area contributed by atoms with Crippen LogP contribution in [0.3, 0.4) is 0 Å². The van der Waals surface area contributed by atoms with Gasteiger partial charge >= 0.3 is 0 Å². The fourth-order valence-electron chi connectivity index (χ4n) is 3.73. The second-order valence-corrected chi connectivity index (χ2v) is 7.23. The number of benzene rings is 2. The third-order valence-corrected chi connectivity index (χ3v) is 5.22. The van der Waals surface area contributed by atoms with Crippen molar-refractivity contribution >= 4 is 16.8 Å². The number of H-pyrrole nitrogens is 1.